The first kappa shape index (κ1) is 13.4. The highest BCUT2D eigenvalue weighted by Gasteiger charge is 2.37. The largest absolute Gasteiger partial charge is 0.465 e. The number of benzene rings is 1. The SMILES string of the molecule is CC(=O)OC[C@@]1(CO)CCCc2cc(Cl)ccc21. The quantitative estimate of drug-likeness (QED) is 0.857. The second kappa shape index (κ2) is 5.29. The van der Waals surface area contributed by atoms with Gasteiger partial charge in [0.05, 0.1) is 12.0 Å². The third-order valence-corrected chi connectivity index (χ3v) is 3.83. The molecule has 0 spiro atoms. The van der Waals surface area contributed by atoms with E-state index in [2.05, 4.69) is 0 Å². The molecule has 1 aromatic carbocycles. The van der Waals surface area contributed by atoms with E-state index >= 15 is 0 Å². The second-order valence-electron chi connectivity index (χ2n) is 4.87. The van der Waals surface area contributed by atoms with Gasteiger partial charge in [-0.1, -0.05) is 17.7 Å². The van der Waals surface area contributed by atoms with Gasteiger partial charge in [0.15, 0.2) is 0 Å². The van der Waals surface area contributed by atoms with Crippen molar-refractivity contribution in [2.75, 3.05) is 13.2 Å². The summed E-state index contributed by atoms with van der Waals surface area (Å²) in [6.07, 6.45) is 2.75. The Labute approximate surface area is 112 Å². The lowest BCUT2D eigenvalue weighted by Gasteiger charge is -2.37. The maximum Gasteiger partial charge on any atom is 0.302 e. The molecule has 0 amide bonds. The molecular weight excluding hydrogens is 252 g/mol. The predicted octanol–water partition coefficient (Wildman–Crippen LogP) is 2.47. The lowest BCUT2D eigenvalue weighted by Crippen LogP contribution is -2.39. The standard InChI is InChI=1S/C14H17ClO3/c1-10(17)18-9-14(8-16)6-2-3-11-7-12(15)4-5-13(11)14/h4-5,7,16H,2-3,6,8-9H2,1H3/t14-/m0/s1. The van der Waals surface area contributed by atoms with Gasteiger partial charge in [-0.25, -0.2) is 0 Å². The summed E-state index contributed by atoms with van der Waals surface area (Å²) in [4.78, 5) is 11.0. The summed E-state index contributed by atoms with van der Waals surface area (Å²) in [5.41, 5.74) is 1.74. The topological polar surface area (TPSA) is 46.5 Å². The molecule has 0 radical (unpaired) electrons. The van der Waals surface area contributed by atoms with E-state index in [1.807, 2.05) is 18.2 Å². The van der Waals surface area contributed by atoms with Gasteiger partial charge in [0.1, 0.15) is 6.61 Å². The molecule has 0 heterocycles. The molecule has 0 unspecified atom stereocenters. The smallest absolute Gasteiger partial charge is 0.302 e. The van der Waals surface area contributed by atoms with E-state index < -0.39 is 5.41 Å². The Bertz CT molecular complexity index is 458. The van der Waals surface area contributed by atoms with E-state index in [9.17, 15) is 9.90 Å². The number of halogens is 1. The summed E-state index contributed by atoms with van der Waals surface area (Å²) >= 11 is 5.99. The van der Waals surface area contributed by atoms with Crippen molar-refractivity contribution in [1.82, 2.24) is 0 Å². The van der Waals surface area contributed by atoms with Crippen molar-refractivity contribution in [2.24, 2.45) is 0 Å². The van der Waals surface area contributed by atoms with Crippen LogP contribution in [-0.4, -0.2) is 24.3 Å². The fraction of sp³-hybridized carbons (Fsp3) is 0.500. The molecule has 0 aliphatic heterocycles. The van der Waals surface area contributed by atoms with Gasteiger partial charge < -0.3 is 9.84 Å². The van der Waals surface area contributed by atoms with Gasteiger partial charge >= 0.3 is 5.97 Å². The Kier molecular flexibility index (Phi) is 3.93. The number of rotatable bonds is 3. The van der Waals surface area contributed by atoms with Gasteiger partial charge in [-0.3, -0.25) is 4.79 Å². The zero-order chi connectivity index (χ0) is 13.2. The molecule has 4 heteroatoms. The molecule has 1 atom stereocenters. The average molecular weight is 269 g/mol. The molecule has 1 aromatic rings. The monoisotopic (exact) mass is 268 g/mol. The van der Waals surface area contributed by atoms with E-state index in [0.717, 1.165) is 30.4 Å². The highest BCUT2D eigenvalue weighted by Crippen LogP contribution is 2.38. The average Bonchev–Trinajstić information content (AvgIpc) is 2.35. The summed E-state index contributed by atoms with van der Waals surface area (Å²) in [5, 5.41) is 10.4. The Hall–Kier alpha value is -1.06. The molecule has 0 saturated carbocycles. The van der Waals surface area contributed by atoms with Crippen LogP contribution in [0.3, 0.4) is 0 Å². The third kappa shape index (κ3) is 2.52. The Morgan fingerprint density at radius 2 is 2.33 bits per heavy atom. The van der Waals surface area contributed by atoms with Crippen LogP contribution in [0.1, 0.15) is 30.9 Å². The van der Waals surface area contributed by atoms with Crippen LogP contribution in [0.15, 0.2) is 18.2 Å². The predicted molar refractivity (Wildman–Crippen MR) is 69.8 cm³/mol. The summed E-state index contributed by atoms with van der Waals surface area (Å²) < 4.78 is 5.13. The Morgan fingerprint density at radius 1 is 1.56 bits per heavy atom. The summed E-state index contributed by atoms with van der Waals surface area (Å²) in [6, 6.07) is 5.70. The molecule has 1 aliphatic carbocycles. The van der Waals surface area contributed by atoms with Crippen LogP contribution in [-0.2, 0) is 21.4 Å². The minimum atomic E-state index is -0.468. The van der Waals surface area contributed by atoms with Crippen molar-refractivity contribution in [3.63, 3.8) is 0 Å². The molecule has 98 valence electrons. The number of esters is 1. The highest BCUT2D eigenvalue weighted by atomic mass is 35.5. The molecule has 0 saturated heterocycles. The Morgan fingerprint density at radius 3 is 3.00 bits per heavy atom. The van der Waals surface area contributed by atoms with Crippen molar-refractivity contribution in [3.8, 4) is 0 Å². The van der Waals surface area contributed by atoms with Crippen LogP contribution in [0.5, 0.6) is 0 Å². The molecule has 0 bridgehead atoms. The number of aliphatic hydroxyl groups excluding tert-OH is 1. The normalized spacial score (nSPS) is 22.4. The molecule has 18 heavy (non-hydrogen) atoms. The fourth-order valence-electron chi connectivity index (χ4n) is 2.64. The van der Waals surface area contributed by atoms with E-state index in [0.29, 0.717) is 5.02 Å². The number of fused-ring (bicyclic) bond motifs is 1. The first-order valence-electron chi connectivity index (χ1n) is 6.10. The summed E-state index contributed by atoms with van der Waals surface area (Å²) in [6.45, 7) is 1.60. The van der Waals surface area contributed by atoms with Crippen molar-refractivity contribution < 1.29 is 14.6 Å². The minimum absolute atomic E-state index is 0.0189. The first-order valence-corrected chi connectivity index (χ1v) is 6.48. The lowest BCUT2D eigenvalue weighted by molar-refractivity contribution is -0.143. The van der Waals surface area contributed by atoms with Crippen molar-refractivity contribution in [1.29, 1.82) is 0 Å². The van der Waals surface area contributed by atoms with Crippen LogP contribution in [0.25, 0.3) is 0 Å². The molecular formula is C14H17ClO3. The summed E-state index contributed by atoms with van der Waals surface area (Å²) in [7, 11) is 0. The third-order valence-electron chi connectivity index (χ3n) is 3.59. The Balaban J connectivity index is 2.35. The maximum atomic E-state index is 11.0. The van der Waals surface area contributed by atoms with Crippen molar-refractivity contribution >= 4 is 17.6 Å². The van der Waals surface area contributed by atoms with E-state index in [1.54, 1.807) is 0 Å². The molecule has 3 nitrogen and oxygen atoms in total. The molecule has 0 fully saturated rings. The van der Waals surface area contributed by atoms with Gasteiger partial charge in [0, 0.05) is 11.9 Å². The number of hydrogen-bond acceptors (Lipinski definition) is 3. The molecule has 1 aliphatic rings. The van der Waals surface area contributed by atoms with Gasteiger partial charge in [0.25, 0.3) is 0 Å². The van der Waals surface area contributed by atoms with Crippen molar-refractivity contribution in [2.45, 2.75) is 31.6 Å². The minimum Gasteiger partial charge on any atom is -0.465 e. The molecule has 1 N–H and O–H groups in total. The van der Waals surface area contributed by atoms with Gasteiger partial charge in [0.2, 0.25) is 0 Å². The van der Waals surface area contributed by atoms with Crippen LogP contribution < -0.4 is 0 Å². The zero-order valence-electron chi connectivity index (χ0n) is 10.4. The van der Waals surface area contributed by atoms with Crippen molar-refractivity contribution in [3.05, 3.63) is 34.3 Å². The number of carbonyl (C=O) groups is 1. The number of aliphatic hydroxyl groups is 1. The van der Waals surface area contributed by atoms with Crippen LogP contribution in [0.4, 0.5) is 0 Å². The number of hydrogen-bond donors (Lipinski definition) is 1. The maximum absolute atomic E-state index is 11.0. The highest BCUT2D eigenvalue weighted by molar-refractivity contribution is 6.30. The molecule has 0 aromatic heterocycles. The lowest BCUT2D eigenvalue weighted by atomic mass is 9.71. The van der Waals surface area contributed by atoms with Gasteiger partial charge in [-0.15, -0.1) is 0 Å². The second-order valence-corrected chi connectivity index (χ2v) is 5.31. The van der Waals surface area contributed by atoms with E-state index in [4.69, 9.17) is 16.3 Å². The number of ether oxygens (including phenoxy) is 1. The van der Waals surface area contributed by atoms with Crippen LogP contribution in [0.2, 0.25) is 5.02 Å². The van der Waals surface area contributed by atoms with Crippen LogP contribution in [0, 0.1) is 0 Å². The van der Waals surface area contributed by atoms with Gasteiger partial charge in [-0.2, -0.15) is 0 Å². The first-order chi connectivity index (χ1) is 8.57. The van der Waals surface area contributed by atoms with E-state index in [1.165, 1.54) is 6.92 Å². The van der Waals surface area contributed by atoms with Crippen LogP contribution >= 0.6 is 11.6 Å². The van der Waals surface area contributed by atoms with E-state index in [-0.39, 0.29) is 19.2 Å². The van der Waals surface area contributed by atoms with Gasteiger partial charge in [-0.05, 0) is 42.5 Å². The summed E-state index contributed by atoms with van der Waals surface area (Å²) in [5.74, 6) is -0.316. The number of carbonyl (C=O) groups excluding carboxylic acids is 1. The number of aryl methyl sites for hydroxylation is 1. The zero-order valence-corrected chi connectivity index (χ0v) is 11.2. The molecule has 2 rings (SSSR count). The fourth-order valence-corrected chi connectivity index (χ4v) is 2.83.